The second kappa shape index (κ2) is 9.30. The van der Waals surface area contributed by atoms with E-state index in [0.29, 0.717) is 31.9 Å². The van der Waals surface area contributed by atoms with Crippen LogP contribution in [0.1, 0.15) is 24.8 Å². The maximum absolute atomic E-state index is 12.6. The molecule has 2 heterocycles. The Kier molecular flexibility index (Phi) is 6.33. The van der Waals surface area contributed by atoms with Crippen LogP contribution in [0, 0.1) is 0 Å². The van der Waals surface area contributed by atoms with Crippen LogP contribution >= 0.6 is 0 Å². The minimum atomic E-state index is -0.377. The maximum Gasteiger partial charge on any atom is 0.260 e. The molecule has 2 saturated heterocycles. The monoisotopic (exact) mass is 408 g/mol. The molecule has 6 heteroatoms. The number of benzene rings is 2. The van der Waals surface area contributed by atoms with E-state index in [1.807, 2.05) is 70.5 Å². The zero-order valence-corrected chi connectivity index (χ0v) is 17.2. The molecule has 1 spiro atoms. The average Bonchev–Trinajstić information content (AvgIpc) is 2.99. The van der Waals surface area contributed by atoms with Gasteiger partial charge in [0.15, 0.2) is 6.61 Å². The summed E-state index contributed by atoms with van der Waals surface area (Å²) >= 11 is 0. The summed E-state index contributed by atoms with van der Waals surface area (Å²) in [5, 5.41) is 0. The van der Waals surface area contributed by atoms with Gasteiger partial charge in [0.25, 0.3) is 5.91 Å². The van der Waals surface area contributed by atoms with Gasteiger partial charge in [-0.25, -0.2) is 0 Å². The van der Waals surface area contributed by atoms with Crippen molar-refractivity contribution in [2.45, 2.75) is 31.4 Å². The Hall–Kier alpha value is -2.86. The molecular formula is C24H28N2O4. The number of para-hydroxylation sites is 1. The van der Waals surface area contributed by atoms with E-state index in [0.717, 1.165) is 24.8 Å². The van der Waals surface area contributed by atoms with Gasteiger partial charge < -0.3 is 19.3 Å². The van der Waals surface area contributed by atoms with Crippen LogP contribution < -0.4 is 4.74 Å². The molecule has 0 saturated carbocycles. The van der Waals surface area contributed by atoms with E-state index in [1.54, 1.807) is 0 Å². The summed E-state index contributed by atoms with van der Waals surface area (Å²) in [6.45, 7) is 2.62. The summed E-state index contributed by atoms with van der Waals surface area (Å²) in [5.41, 5.74) is 0.740. The fourth-order valence-electron chi connectivity index (χ4n) is 4.21. The van der Waals surface area contributed by atoms with Crippen molar-refractivity contribution in [3.8, 4) is 5.75 Å². The number of likely N-dealkylation sites (tertiary alicyclic amines) is 1. The van der Waals surface area contributed by atoms with Crippen molar-refractivity contribution in [2.24, 2.45) is 0 Å². The quantitative estimate of drug-likeness (QED) is 0.763. The van der Waals surface area contributed by atoms with Crippen molar-refractivity contribution in [2.75, 3.05) is 32.8 Å². The molecule has 2 aliphatic rings. The zero-order chi connectivity index (χ0) is 20.8. The molecule has 0 bridgehead atoms. The Morgan fingerprint density at radius 2 is 1.73 bits per heavy atom. The summed E-state index contributed by atoms with van der Waals surface area (Å²) in [7, 11) is 0. The third-order valence-corrected chi connectivity index (χ3v) is 5.91. The van der Waals surface area contributed by atoms with E-state index in [1.165, 1.54) is 0 Å². The summed E-state index contributed by atoms with van der Waals surface area (Å²) in [6, 6.07) is 19.4. The van der Waals surface area contributed by atoms with Gasteiger partial charge in [-0.15, -0.1) is 0 Å². The van der Waals surface area contributed by atoms with Crippen molar-refractivity contribution in [3.05, 3.63) is 66.2 Å². The SMILES string of the molecule is O=C(COc1ccccc1)N1CCCC2(CC1)CN(Cc1ccccc1)C(=O)CO2. The van der Waals surface area contributed by atoms with E-state index >= 15 is 0 Å². The zero-order valence-electron chi connectivity index (χ0n) is 17.2. The van der Waals surface area contributed by atoms with Gasteiger partial charge in [-0.1, -0.05) is 48.5 Å². The summed E-state index contributed by atoms with van der Waals surface area (Å²) in [4.78, 5) is 28.8. The fourth-order valence-corrected chi connectivity index (χ4v) is 4.21. The molecular weight excluding hydrogens is 380 g/mol. The van der Waals surface area contributed by atoms with Crippen LogP contribution in [0.2, 0.25) is 0 Å². The van der Waals surface area contributed by atoms with Gasteiger partial charge in [0.1, 0.15) is 12.4 Å². The Labute approximate surface area is 177 Å². The molecule has 1 unspecified atom stereocenters. The standard InChI is InChI=1S/C24H28N2O4/c27-22(17-29-21-10-5-2-6-11-21)25-14-7-12-24(13-15-25)19-26(23(28)18-30-24)16-20-8-3-1-4-9-20/h1-6,8-11H,7,12-19H2. The van der Waals surface area contributed by atoms with Crippen LogP contribution in [0.5, 0.6) is 5.75 Å². The minimum Gasteiger partial charge on any atom is -0.484 e. The highest BCUT2D eigenvalue weighted by Gasteiger charge is 2.41. The van der Waals surface area contributed by atoms with E-state index in [4.69, 9.17) is 9.47 Å². The molecule has 0 aromatic heterocycles. The number of hydrogen-bond acceptors (Lipinski definition) is 4. The highest BCUT2D eigenvalue weighted by atomic mass is 16.5. The molecule has 2 aliphatic heterocycles. The molecule has 0 radical (unpaired) electrons. The van der Waals surface area contributed by atoms with E-state index in [-0.39, 0.29) is 30.6 Å². The number of carbonyl (C=O) groups is 2. The highest BCUT2D eigenvalue weighted by molar-refractivity contribution is 5.79. The first-order valence-corrected chi connectivity index (χ1v) is 10.5. The normalized spacial score (nSPS) is 22.1. The van der Waals surface area contributed by atoms with Gasteiger partial charge in [0.2, 0.25) is 5.91 Å². The van der Waals surface area contributed by atoms with Gasteiger partial charge in [0, 0.05) is 19.6 Å². The number of rotatable bonds is 5. The predicted octanol–water partition coefficient (Wildman–Crippen LogP) is 2.88. The summed E-state index contributed by atoms with van der Waals surface area (Å²) in [5.74, 6) is 0.713. The largest absolute Gasteiger partial charge is 0.484 e. The van der Waals surface area contributed by atoms with E-state index in [9.17, 15) is 9.59 Å². The first-order valence-electron chi connectivity index (χ1n) is 10.5. The van der Waals surface area contributed by atoms with Gasteiger partial charge >= 0.3 is 0 Å². The van der Waals surface area contributed by atoms with Crippen molar-refractivity contribution in [1.29, 1.82) is 0 Å². The smallest absolute Gasteiger partial charge is 0.260 e. The number of morpholine rings is 1. The number of ether oxygens (including phenoxy) is 2. The first kappa shape index (κ1) is 20.4. The number of carbonyl (C=O) groups excluding carboxylic acids is 2. The lowest BCUT2D eigenvalue weighted by atomic mass is 9.92. The van der Waals surface area contributed by atoms with Crippen LogP contribution in [0.3, 0.4) is 0 Å². The molecule has 0 aliphatic carbocycles. The highest BCUT2D eigenvalue weighted by Crippen LogP contribution is 2.31. The average molecular weight is 408 g/mol. The molecule has 158 valence electrons. The lowest BCUT2D eigenvalue weighted by Crippen LogP contribution is -2.54. The van der Waals surface area contributed by atoms with Crippen LogP contribution in [-0.4, -0.2) is 60.1 Å². The number of amides is 2. The Balaban J connectivity index is 1.34. The second-order valence-corrected chi connectivity index (χ2v) is 8.04. The Morgan fingerprint density at radius 3 is 2.50 bits per heavy atom. The summed E-state index contributed by atoms with van der Waals surface area (Å²) < 4.78 is 11.7. The molecule has 6 nitrogen and oxygen atoms in total. The molecule has 30 heavy (non-hydrogen) atoms. The maximum atomic E-state index is 12.6. The lowest BCUT2D eigenvalue weighted by Gasteiger charge is -2.42. The lowest BCUT2D eigenvalue weighted by molar-refractivity contribution is -0.167. The molecule has 1 atom stereocenters. The molecule has 2 amide bonds. The fraction of sp³-hybridized carbons (Fsp3) is 0.417. The minimum absolute atomic E-state index is 0.0102. The topological polar surface area (TPSA) is 59.1 Å². The second-order valence-electron chi connectivity index (χ2n) is 8.04. The number of hydrogen-bond donors (Lipinski definition) is 0. The van der Waals surface area contributed by atoms with Gasteiger partial charge in [-0.05, 0) is 37.0 Å². The van der Waals surface area contributed by atoms with Crippen molar-refractivity contribution >= 4 is 11.8 Å². The molecule has 2 aromatic rings. The van der Waals surface area contributed by atoms with Gasteiger partial charge in [-0.2, -0.15) is 0 Å². The molecule has 4 rings (SSSR count). The van der Waals surface area contributed by atoms with Gasteiger partial charge in [-0.3, -0.25) is 9.59 Å². The van der Waals surface area contributed by atoms with Crippen LogP contribution in [0.25, 0.3) is 0 Å². The van der Waals surface area contributed by atoms with Crippen molar-refractivity contribution in [3.63, 3.8) is 0 Å². The van der Waals surface area contributed by atoms with Crippen LogP contribution in [0.4, 0.5) is 0 Å². The molecule has 2 fully saturated rings. The predicted molar refractivity (Wildman–Crippen MR) is 113 cm³/mol. The van der Waals surface area contributed by atoms with E-state index < -0.39 is 0 Å². The molecule has 0 N–H and O–H groups in total. The molecule has 2 aromatic carbocycles. The third-order valence-electron chi connectivity index (χ3n) is 5.91. The first-order chi connectivity index (χ1) is 14.6. The van der Waals surface area contributed by atoms with E-state index in [2.05, 4.69) is 0 Å². The summed E-state index contributed by atoms with van der Waals surface area (Å²) in [6.07, 6.45) is 2.42. The van der Waals surface area contributed by atoms with Crippen molar-refractivity contribution < 1.29 is 19.1 Å². The Morgan fingerprint density at radius 1 is 1.00 bits per heavy atom. The van der Waals surface area contributed by atoms with Crippen LogP contribution in [-0.2, 0) is 20.9 Å². The van der Waals surface area contributed by atoms with Gasteiger partial charge in [0.05, 0.1) is 12.1 Å². The Bertz CT molecular complexity index is 858. The van der Waals surface area contributed by atoms with Crippen molar-refractivity contribution in [1.82, 2.24) is 9.80 Å². The number of nitrogens with zero attached hydrogens (tertiary/aromatic N) is 2. The third kappa shape index (κ3) is 5.00. The van der Waals surface area contributed by atoms with Crippen LogP contribution in [0.15, 0.2) is 60.7 Å².